The number of thiazole rings is 1. The van der Waals surface area contributed by atoms with Gasteiger partial charge in [-0.1, -0.05) is 18.2 Å². The van der Waals surface area contributed by atoms with Crippen LogP contribution in [0.4, 0.5) is 0 Å². The Morgan fingerprint density at radius 2 is 2.17 bits per heavy atom. The number of hydrogen-bond donors (Lipinski definition) is 2. The summed E-state index contributed by atoms with van der Waals surface area (Å²) in [4.78, 5) is 19.4. The topological polar surface area (TPSA) is 71.8 Å². The predicted molar refractivity (Wildman–Crippen MR) is 72.7 cm³/mol. The second kappa shape index (κ2) is 3.96. The van der Waals surface area contributed by atoms with E-state index < -0.39 is 5.91 Å². The number of benzene rings is 1. The van der Waals surface area contributed by atoms with Crippen molar-refractivity contribution in [2.45, 2.75) is 6.92 Å². The highest BCUT2D eigenvalue weighted by atomic mass is 32.1. The van der Waals surface area contributed by atoms with Gasteiger partial charge in [0.1, 0.15) is 9.88 Å². The lowest BCUT2D eigenvalue weighted by molar-refractivity contribution is 0.100. The first kappa shape index (κ1) is 11.0. The molecule has 4 nitrogen and oxygen atoms in total. The molecule has 0 aliphatic rings. The summed E-state index contributed by atoms with van der Waals surface area (Å²) in [7, 11) is 0. The highest BCUT2D eigenvalue weighted by Crippen LogP contribution is 2.32. The lowest BCUT2D eigenvalue weighted by Gasteiger charge is -1.92. The van der Waals surface area contributed by atoms with E-state index in [1.165, 1.54) is 11.3 Å². The Bertz CT molecular complexity index is 742. The number of aromatic amines is 1. The number of H-pyrrole nitrogens is 1. The van der Waals surface area contributed by atoms with Crippen molar-refractivity contribution in [3.63, 3.8) is 0 Å². The van der Waals surface area contributed by atoms with Gasteiger partial charge >= 0.3 is 0 Å². The Labute approximate surface area is 107 Å². The molecule has 3 rings (SSSR count). The van der Waals surface area contributed by atoms with Gasteiger partial charge in [0.15, 0.2) is 0 Å². The molecule has 0 spiro atoms. The molecule has 2 heterocycles. The summed E-state index contributed by atoms with van der Waals surface area (Å²) in [6.07, 6.45) is 1.91. The monoisotopic (exact) mass is 257 g/mol. The van der Waals surface area contributed by atoms with Crippen LogP contribution >= 0.6 is 11.3 Å². The van der Waals surface area contributed by atoms with Crippen molar-refractivity contribution in [3.05, 3.63) is 41.0 Å². The van der Waals surface area contributed by atoms with Crippen molar-refractivity contribution in [3.8, 4) is 10.6 Å². The van der Waals surface area contributed by atoms with Crippen LogP contribution in [0.1, 0.15) is 15.4 Å². The highest BCUT2D eigenvalue weighted by molar-refractivity contribution is 7.17. The minimum absolute atomic E-state index is 0.420. The van der Waals surface area contributed by atoms with Gasteiger partial charge in [0.25, 0.3) is 5.91 Å². The van der Waals surface area contributed by atoms with Crippen molar-refractivity contribution in [1.29, 1.82) is 0 Å². The maximum atomic E-state index is 11.3. The molecule has 0 saturated carbocycles. The summed E-state index contributed by atoms with van der Waals surface area (Å²) in [5.41, 5.74) is 8.07. The van der Waals surface area contributed by atoms with E-state index >= 15 is 0 Å². The minimum atomic E-state index is -0.420. The molecule has 0 bridgehead atoms. The molecule has 1 aromatic carbocycles. The zero-order chi connectivity index (χ0) is 12.7. The number of amides is 1. The van der Waals surface area contributed by atoms with Gasteiger partial charge in [-0.2, -0.15) is 0 Å². The molecule has 90 valence electrons. The molecule has 0 fully saturated rings. The maximum Gasteiger partial charge on any atom is 0.260 e. The second-order valence-corrected chi connectivity index (χ2v) is 5.04. The summed E-state index contributed by atoms with van der Waals surface area (Å²) in [5.74, 6) is -0.420. The lowest BCUT2D eigenvalue weighted by atomic mass is 10.2. The van der Waals surface area contributed by atoms with E-state index in [0.29, 0.717) is 10.6 Å². The first-order chi connectivity index (χ1) is 8.66. The van der Waals surface area contributed by atoms with Crippen molar-refractivity contribution in [2.24, 2.45) is 5.73 Å². The summed E-state index contributed by atoms with van der Waals surface area (Å²) in [5, 5.41) is 1.92. The standard InChI is InChI=1S/C13H11N3OS/c1-7-11(12(14)17)18-13(16-7)9-6-15-10-5-3-2-4-8(9)10/h2-6,15H,1H3,(H2,14,17). The van der Waals surface area contributed by atoms with Crippen molar-refractivity contribution in [1.82, 2.24) is 9.97 Å². The van der Waals surface area contributed by atoms with E-state index in [4.69, 9.17) is 5.73 Å². The first-order valence-corrected chi connectivity index (χ1v) is 6.32. The summed E-state index contributed by atoms with van der Waals surface area (Å²) < 4.78 is 0. The van der Waals surface area contributed by atoms with E-state index in [1.807, 2.05) is 30.5 Å². The van der Waals surface area contributed by atoms with Crippen LogP contribution in [0.5, 0.6) is 0 Å². The summed E-state index contributed by atoms with van der Waals surface area (Å²) in [6, 6.07) is 8.00. The van der Waals surface area contributed by atoms with Gasteiger partial charge in [0.2, 0.25) is 0 Å². The predicted octanol–water partition coefficient (Wildman–Crippen LogP) is 2.70. The van der Waals surface area contributed by atoms with Gasteiger partial charge in [-0.3, -0.25) is 4.79 Å². The molecule has 18 heavy (non-hydrogen) atoms. The third kappa shape index (κ3) is 1.60. The quantitative estimate of drug-likeness (QED) is 0.741. The summed E-state index contributed by atoms with van der Waals surface area (Å²) in [6.45, 7) is 1.80. The largest absolute Gasteiger partial charge is 0.365 e. The van der Waals surface area contributed by atoms with Gasteiger partial charge in [0, 0.05) is 22.7 Å². The fourth-order valence-corrected chi connectivity index (χ4v) is 2.94. The normalized spacial score (nSPS) is 10.9. The van der Waals surface area contributed by atoms with E-state index in [2.05, 4.69) is 9.97 Å². The third-order valence-electron chi connectivity index (χ3n) is 2.84. The van der Waals surface area contributed by atoms with Crippen LogP contribution in [0, 0.1) is 6.92 Å². The maximum absolute atomic E-state index is 11.3. The average molecular weight is 257 g/mol. The number of fused-ring (bicyclic) bond motifs is 1. The second-order valence-electron chi connectivity index (χ2n) is 4.05. The number of hydrogen-bond acceptors (Lipinski definition) is 3. The van der Waals surface area contributed by atoms with Crippen LogP contribution in [0.15, 0.2) is 30.5 Å². The fraction of sp³-hybridized carbons (Fsp3) is 0.0769. The number of rotatable bonds is 2. The molecule has 0 aliphatic carbocycles. The Hall–Kier alpha value is -2.14. The van der Waals surface area contributed by atoms with E-state index in [0.717, 1.165) is 21.5 Å². The molecule has 3 aromatic rings. The highest BCUT2D eigenvalue weighted by Gasteiger charge is 2.15. The van der Waals surface area contributed by atoms with E-state index in [-0.39, 0.29) is 0 Å². The van der Waals surface area contributed by atoms with Crippen molar-refractivity contribution in [2.75, 3.05) is 0 Å². The Balaban J connectivity index is 2.20. The van der Waals surface area contributed by atoms with Crippen LogP contribution in [-0.4, -0.2) is 15.9 Å². The van der Waals surface area contributed by atoms with Gasteiger partial charge in [-0.25, -0.2) is 4.98 Å². The number of para-hydroxylation sites is 1. The molecule has 3 N–H and O–H groups in total. The van der Waals surface area contributed by atoms with Crippen molar-refractivity contribution < 1.29 is 4.79 Å². The number of nitrogens with one attached hydrogen (secondary N) is 1. The summed E-state index contributed by atoms with van der Waals surface area (Å²) >= 11 is 1.33. The van der Waals surface area contributed by atoms with Crippen LogP contribution in [0.2, 0.25) is 0 Å². The Morgan fingerprint density at radius 3 is 2.89 bits per heavy atom. The lowest BCUT2D eigenvalue weighted by Crippen LogP contribution is -2.09. The molecule has 5 heteroatoms. The molecule has 1 amide bonds. The molecule has 2 aromatic heterocycles. The van der Waals surface area contributed by atoms with Gasteiger partial charge in [-0.15, -0.1) is 11.3 Å². The van der Waals surface area contributed by atoms with Crippen LogP contribution in [0.25, 0.3) is 21.5 Å². The molecule has 0 aliphatic heterocycles. The number of aryl methyl sites for hydroxylation is 1. The third-order valence-corrected chi connectivity index (χ3v) is 4.05. The van der Waals surface area contributed by atoms with Gasteiger partial charge in [-0.05, 0) is 13.0 Å². The number of carbonyl (C=O) groups is 1. The molecular formula is C13H11N3OS. The zero-order valence-electron chi connectivity index (χ0n) is 9.73. The Morgan fingerprint density at radius 1 is 1.39 bits per heavy atom. The number of carbonyl (C=O) groups excluding carboxylic acids is 1. The average Bonchev–Trinajstić information content (AvgIpc) is 2.92. The van der Waals surface area contributed by atoms with E-state index in [9.17, 15) is 4.79 Å². The molecule has 0 unspecified atom stereocenters. The minimum Gasteiger partial charge on any atom is -0.365 e. The van der Waals surface area contributed by atoms with E-state index in [1.54, 1.807) is 6.92 Å². The number of nitrogens with two attached hydrogens (primary N) is 1. The number of aromatic nitrogens is 2. The molecule has 0 radical (unpaired) electrons. The van der Waals surface area contributed by atoms with Crippen LogP contribution in [0.3, 0.4) is 0 Å². The number of nitrogens with zero attached hydrogens (tertiary/aromatic N) is 1. The van der Waals surface area contributed by atoms with Crippen LogP contribution < -0.4 is 5.73 Å². The van der Waals surface area contributed by atoms with Gasteiger partial charge in [0.05, 0.1) is 5.69 Å². The number of primary amides is 1. The Kier molecular flexibility index (Phi) is 2.41. The van der Waals surface area contributed by atoms with Crippen molar-refractivity contribution >= 4 is 28.1 Å². The SMILES string of the molecule is Cc1nc(-c2c[nH]c3ccccc23)sc1C(N)=O. The molecule has 0 saturated heterocycles. The zero-order valence-corrected chi connectivity index (χ0v) is 10.5. The van der Waals surface area contributed by atoms with Gasteiger partial charge < -0.3 is 10.7 Å². The first-order valence-electron chi connectivity index (χ1n) is 5.50. The molecular weight excluding hydrogens is 246 g/mol. The van der Waals surface area contributed by atoms with Crippen LogP contribution in [-0.2, 0) is 0 Å². The molecule has 0 atom stereocenters. The smallest absolute Gasteiger partial charge is 0.260 e. The fourth-order valence-electron chi connectivity index (χ4n) is 1.99.